The van der Waals surface area contributed by atoms with E-state index in [4.69, 9.17) is 5.73 Å². The highest BCUT2D eigenvalue weighted by atomic mass is 15.3. The lowest BCUT2D eigenvalue weighted by Crippen LogP contribution is -2.18. The van der Waals surface area contributed by atoms with Crippen LogP contribution in [0, 0.1) is 0 Å². The van der Waals surface area contributed by atoms with E-state index in [1.165, 1.54) is 11.1 Å². The van der Waals surface area contributed by atoms with Gasteiger partial charge in [0.15, 0.2) is 0 Å². The van der Waals surface area contributed by atoms with Crippen molar-refractivity contribution in [3.05, 3.63) is 83.4 Å². The van der Waals surface area contributed by atoms with Crippen LogP contribution in [0.5, 0.6) is 0 Å². The van der Waals surface area contributed by atoms with Gasteiger partial charge < -0.3 is 11.1 Å². The zero-order chi connectivity index (χ0) is 18.5. The molecule has 4 rings (SSSR count). The Morgan fingerprint density at radius 1 is 0.963 bits per heavy atom. The Kier molecular flexibility index (Phi) is 5.07. The number of nitrogens with two attached hydrogens (primary N) is 1. The molecule has 136 valence electrons. The SMILES string of the molecule is Nc1cc(C(CCNCc2ccccc2)c2ccccc2)c2n[nH]nc2n1. The summed E-state index contributed by atoms with van der Waals surface area (Å²) in [5.41, 5.74) is 10.9. The fourth-order valence-corrected chi connectivity index (χ4v) is 3.41. The van der Waals surface area contributed by atoms with E-state index in [9.17, 15) is 0 Å². The molecule has 2 aromatic carbocycles. The molecule has 0 fully saturated rings. The molecule has 1 unspecified atom stereocenters. The van der Waals surface area contributed by atoms with Crippen molar-refractivity contribution in [3.8, 4) is 0 Å². The largest absolute Gasteiger partial charge is 0.384 e. The van der Waals surface area contributed by atoms with Crippen molar-refractivity contribution in [2.24, 2.45) is 0 Å². The van der Waals surface area contributed by atoms with Gasteiger partial charge in [-0.2, -0.15) is 10.3 Å². The first-order valence-electron chi connectivity index (χ1n) is 9.08. The Morgan fingerprint density at radius 3 is 2.48 bits per heavy atom. The van der Waals surface area contributed by atoms with Crippen LogP contribution in [0.4, 0.5) is 5.82 Å². The average molecular weight is 358 g/mol. The summed E-state index contributed by atoms with van der Waals surface area (Å²) >= 11 is 0. The average Bonchev–Trinajstić information content (AvgIpc) is 3.17. The standard InChI is InChI=1S/C21H22N6/c22-19-13-18(20-21(24-19)26-27-25-20)17(16-9-5-2-6-10-16)11-12-23-14-15-7-3-1-4-8-15/h1-10,13,17,23H,11-12,14H2,(H3,22,24,25,26,27). The van der Waals surface area contributed by atoms with E-state index in [-0.39, 0.29) is 5.92 Å². The summed E-state index contributed by atoms with van der Waals surface area (Å²) in [7, 11) is 0. The van der Waals surface area contributed by atoms with Gasteiger partial charge >= 0.3 is 0 Å². The van der Waals surface area contributed by atoms with Crippen molar-refractivity contribution < 1.29 is 0 Å². The number of rotatable bonds is 7. The molecule has 0 aliphatic heterocycles. The molecule has 0 saturated heterocycles. The Labute approximate surface area is 157 Å². The lowest BCUT2D eigenvalue weighted by Gasteiger charge is -2.19. The maximum Gasteiger partial charge on any atom is 0.203 e. The molecular weight excluding hydrogens is 336 g/mol. The third-order valence-corrected chi connectivity index (χ3v) is 4.70. The zero-order valence-electron chi connectivity index (χ0n) is 15.0. The number of aromatic nitrogens is 4. The van der Waals surface area contributed by atoms with Gasteiger partial charge in [0.1, 0.15) is 11.3 Å². The van der Waals surface area contributed by atoms with Gasteiger partial charge in [-0.25, -0.2) is 4.98 Å². The maximum absolute atomic E-state index is 6.02. The third kappa shape index (κ3) is 3.96. The number of nitrogens with one attached hydrogen (secondary N) is 2. The summed E-state index contributed by atoms with van der Waals surface area (Å²) in [6, 6.07) is 22.8. The molecule has 27 heavy (non-hydrogen) atoms. The zero-order valence-corrected chi connectivity index (χ0v) is 15.0. The highest BCUT2D eigenvalue weighted by Gasteiger charge is 2.20. The molecule has 2 heterocycles. The number of anilines is 1. The minimum Gasteiger partial charge on any atom is -0.384 e. The van der Waals surface area contributed by atoms with Crippen LogP contribution in [0.2, 0.25) is 0 Å². The number of aromatic amines is 1. The van der Waals surface area contributed by atoms with Crippen LogP contribution in [-0.2, 0) is 6.54 Å². The normalized spacial score (nSPS) is 12.3. The highest BCUT2D eigenvalue weighted by molar-refractivity contribution is 5.77. The monoisotopic (exact) mass is 358 g/mol. The Bertz CT molecular complexity index is 997. The van der Waals surface area contributed by atoms with E-state index in [1.807, 2.05) is 18.2 Å². The first-order valence-corrected chi connectivity index (χ1v) is 9.08. The van der Waals surface area contributed by atoms with E-state index in [0.717, 1.165) is 30.6 Å². The molecular formula is C21H22N6. The van der Waals surface area contributed by atoms with E-state index in [0.29, 0.717) is 11.5 Å². The minimum atomic E-state index is 0.160. The van der Waals surface area contributed by atoms with E-state index >= 15 is 0 Å². The van der Waals surface area contributed by atoms with Crippen LogP contribution in [0.15, 0.2) is 66.7 Å². The minimum absolute atomic E-state index is 0.160. The molecule has 0 aliphatic carbocycles. The Hall–Kier alpha value is -3.25. The van der Waals surface area contributed by atoms with Crippen LogP contribution in [-0.4, -0.2) is 26.9 Å². The van der Waals surface area contributed by atoms with Crippen LogP contribution in [0.1, 0.15) is 29.0 Å². The van der Waals surface area contributed by atoms with E-state index in [1.54, 1.807) is 0 Å². The van der Waals surface area contributed by atoms with Crippen LogP contribution in [0.3, 0.4) is 0 Å². The fraction of sp³-hybridized carbons (Fsp3) is 0.190. The van der Waals surface area contributed by atoms with Gasteiger partial charge in [0.2, 0.25) is 5.65 Å². The summed E-state index contributed by atoms with van der Waals surface area (Å²) in [6.45, 7) is 1.72. The number of nitrogens with zero attached hydrogens (tertiary/aromatic N) is 3. The number of nitrogen functional groups attached to an aromatic ring is 1. The predicted octanol–water partition coefficient (Wildman–Crippen LogP) is 3.25. The number of benzene rings is 2. The fourth-order valence-electron chi connectivity index (χ4n) is 3.41. The van der Waals surface area contributed by atoms with Crippen LogP contribution >= 0.6 is 0 Å². The molecule has 0 spiro atoms. The maximum atomic E-state index is 6.02. The number of pyridine rings is 1. The van der Waals surface area contributed by atoms with Gasteiger partial charge in [-0.3, -0.25) is 0 Å². The van der Waals surface area contributed by atoms with Crippen LogP contribution < -0.4 is 11.1 Å². The summed E-state index contributed by atoms with van der Waals surface area (Å²) in [4.78, 5) is 4.27. The van der Waals surface area contributed by atoms with Crippen molar-refractivity contribution in [2.45, 2.75) is 18.9 Å². The van der Waals surface area contributed by atoms with Gasteiger partial charge in [0.25, 0.3) is 0 Å². The van der Waals surface area contributed by atoms with Crippen molar-refractivity contribution in [1.29, 1.82) is 0 Å². The number of hydrogen-bond donors (Lipinski definition) is 3. The molecule has 4 N–H and O–H groups in total. The van der Waals surface area contributed by atoms with Crippen molar-refractivity contribution >= 4 is 17.0 Å². The summed E-state index contributed by atoms with van der Waals surface area (Å²) in [6.07, 6.45) is 0.919. The van der Waals surface area contributed by atoms with E-state index in [2.05, 4.69) is 74.2 Å². The second-order valence-electron chi connectivity index (χ2n) is 6.55. The lowest BCUT2D eigenvalue weighted by molar-refractivity contribution is 0.613. The highest BCUT2D eigenvalue weighted by Crippen LogP contribution is 2.32. The van der Waals surface area contributed by atoms with Gasteiger partial charge in [-0.15, -0.1) is 5.10 Å². The predicted molar refractivity (Wildman–Crippen MR) is 107 cm³/mol. The number of H-pyrrole nitrogens is 1. The Morgan fingerprint density at radius 2 is 1.70 bits per heavy atom. The van der Waals surface area contributed by atoms with Gasteiger partial charge in [0, 0.05) is 12.5 Å². The van der Waals surface area contributed by atoms with Crippen LogP contribution in [0.25, 0.3) is 11.2 Å². The third-order valence-electron chi connectivity index (χ3n) is 4.70. The number of fused-ring (bicyclic) bond motifs is 1. The molecule has 0 amide bonds. The second kappa shape index (κ2) is 7.97. The summed E-state index contributed by atoms with van der Waals surface area (Å²) < 4.78 is 0. The first kappa shape index (κ1) is 17.2. The lowest BCUT2D eigenvalue weighted by atomic mass is 9.88. The molecule has 6 nitrogen and oxygen atoms in total. The molecule has 6 heteroatoms. The van der Waals surface area contributed by atoms with Crippen molar-refractivity contribution in [1.82, 2.24) is 25.7 Å². The molecule has 2 aromatic heterocycles. The molecule has 0 aliphatic rings. The molecule has 0 radical (unpaired) electrons. The van der Waals surface area contributed by atoms with Gasteiger partial charge in [0.05, 0.1) is 0 Å². The van der Waals surface area contributed by atoms with Gasteiger partial charge in [-0.05, 0) is 35.7 Å². The van der Waals surface area contributed by atoms with Gasteiger partial charge in [-0.1, -0.05) is 60.7 Å². The molecule has 0 saturated carbocycles. The smallest absolute Gasteiger partial charge is 0.203 e. The first-order chi connectivity index (χ1) is 13.3. The molecule has 4 aromatic rings. The molecule has 0 bridgehead atoms. The quantitative estimate of drug-likeness (QED) is 0.441. The summed E-state index contributed by atoms with van der Waals surface area (Å²) in [5, 5.41) is 14.6. The Balaban J connectivity index is 1.57. The number of hydrogen-bond acceptors (Lipinski definition) is 5. The topological polar surface area (TPSA) is 92.5 Å². The second-order valence-corrected chi connectivity index (χ2v) is 6.55. The van der Waals surface area contributed by atoms with Crippen molar-refractivity contribution in [3.63, 3.8) is 0 Å². The molecule has 1 atom stereocenters. The van der Waals surface area contributed by atoms with E-state index < -0.39 is 0 Å². The van der Waals surface area contributed by atoms with Crippen molar-refractivity contribution in [2.75, 3.05) is 12.3 Å². The summed E-state index contributed by atoms with van der Waals surface area (Å²) in [5.74, 6) is 0.622.